The second-order valence-electron chi connectivity index (χ2n) is 24.8. The zero-order chi connectivity index (χ0) is 65.0. The highest BCUT2D eigenvalue weighted by molar-refractivity contribution is 5.84. The minimum atomic E-state index is 0.367. The number of hydrogen-bond donors (Lipinski definition) is 0. The Bertz CT molecular complexity index is 4940. The molecule has 0 spiro atoms. The van der Waals surface area contributed by atoms with Gasteiger partial charge in [0.2, 0.25) is 0 Å². The first-order valence-corrected chi connectivity index (χ1v) is 33.7. The Morgan fingerprint density at radius 1 is 0.165 bits per heavy atom. The predicted molar refractivity (Wildman–Crippen MR) is 411 cm³/mol. The van der Waals surface area contributed by atoms with Gasteiger partial charge in [-0.15, -0.1) is 0 Å². The van der Waals surface area contributed by atoms with Crippen molar-refractivity contribution in [3.63, 3.8) is 0 Å². The van der Waals surface area contributed by atoms with E-state index >= 15 is 0 Å². The molecule has 0 aliphatic carbocycles. The molecule has 0 heterocycles. The molecule has 0 aliphatic rings. The molecule has 0 amide bonds. The van der Waals surface area contributed by atoms with Crippen molar-refractivity contribution >= 4 is 51.2 Å². The quantitative estimate of drug-likeness (QED) is 0.0710. The molecule has 0 aliphatic heterocycles. The van der Waals surface area contributed by atoms with E-state index in [-0.39, 0.29) is 0 Å². The van der Waals surface area contributed by atoms with Crippen LogP contribution >= 0.6 is 0 Å². The van der Waals surface area contributed by atoms with Crippen molar-refractivity contribution in [2.45, 2.75) is 25.2 Å². The van der Waals surface area contributed by atoms with Gasteiger partial charge < -0.3 is 14.7 Å². The van der Waals surface area contributed by atoms with Crippen LogP contribution in [-0.2, 0) is 12.8 Å². The molecule has 0 fully saturated rings. The third-order valence-electron chi connectivity index (χ3n) is 18.7. The van der Waals surface area contributed by atoms with E-state index in [2.05, 4.69) is 415 Å². The van der Waals surface area contributed by atoms with Gasteiger partial charge in [-0.1, -0.05) is 291 Å². The molecule has 464 valence electrons. The summed E-state index contributed by atoms with van der Waals surface area (Å²) in [5.41, 5.74) is 28.4. The maximum absolute atomic E-state index is 2.36. The number of hydrogen-bond acceptors (Lipinski definition) is 3. The van der Waals surface area contributed by atoms with E-state index in [1.165, 1.54) is 72.3 Å². The van der Waals surface area contributed by atoms with Crippen LogP contribution in [0.15, 0.2) is 400 Å². The van der Waals surface area contributed by atoms with Gasteiger partial charge in [-0.2, -0.15) is 0 Å². The Balaban J connectivity index is 0.598. The highest BCUT2D eigenvalue weighted by Crippen LogP contribution is 2.42. The molecule has 0 bridgehead atoms. The van der Waals surface area contributed by atoms with Gasteiger partial charge in [0.1, 0.15) is 0 Å². The Morgan fingerprint density at radius 3 is 0.629 bits per heavy atom. The van der Waals surface area contributed by atoms with Crippen LogP contribution in [0.25, 0.3) is 66.8 Å². The van der Waals surface area contributed by atoms with Crippen LogP contribution in [-0.4, -0.2) is 0 Å². The Labute approximate surface area is 571 Å². The number of rotatable bonds is 21. The van der Waals surface area contributed by atoms with Crippen molar-refractivity contribution in [2.75, 3.05) is 14.7 Å². The molecule has 3 nitrogen and oxygen atoms in total. The predicted octanol–water partition coefficient (Wildman–Crippen LogP) is 26.1. The van der Waals surface area contributed by atoms with E-state index in [1.807, 2.05) is 0 Å². The second-order valence-corrected chi connectivity index (χ2v) is 24.8. The summed E-state index contributed by atoms with van der Waals surface area (Å²) in [4.78, 5) is 6.98. The van der Waals surface area contributed by atoms with E-state index in [0.717, 1.165) is 81.6 Å². The fraction of sp³-hybridized carbons (Fsp3) is 0.0426. The molecule has 1 atom stereocenters. The van der Waals surface area contributed by atoms with Crippen LogP contribution < -0.4 is 14.7 Å². The lowest BCUT2D eigenvalue weighted by molar-refractivity contribution is 0.621. The minimum Gasteiger partial charge on any atom is -0.311 e. The lowest BCUT2D eigenvalue weighted by Gasteiger charge is -2.26. The van der Waals surface area contributed by atoms with Gasteiger partial charge in [-0.25, -0.2) is 0 Å². The largest absolute Gasteiger partial charge is 0.311 e. The molecular formula is C94H73N3. The third kappa shape index (κ3) is 14.2. The number of aryl methyl sites for hydroxylation is 1. The van der Waals surface area contributed by atoms with Gasteiger partial charge >= 0.3 is 0 Å². The van der Waals surface area contributed by atoms with E-state index in [0.29, 0.717) is 5.92 Å². The van der Waals surface area contributed by atoms with Crippen LogP contribution in [0.2, 0.25) is 0 Å². The lowest BCUT2D eigenvalue weighted by atomic mass is 9.86. The van der Waals surface area contributed by atoms with Gasteiger partial charge in [-0.3, -0.25) is 0 Å². The fourth-order valence-corrected chi connectivity index (χ4v) is 13.4. The van der Waals surface area contributed by atoms with Gasteiger partial charge in [0.25, 0.3) is 0 Å². The first-order valence-electron chi connectivity index (χ1n) is 33.7. The van der Waals surface area contributed by atoms with E-state index in [1.54, 1.807) is 0 Å². The Morgan fingerprint density at radius 2 is 0.361 bits per heavy atom. The maximum Gasteiger partial charge on any atom is 0.0462 e. The number of anilines is 9. The normalized spacial score (nSPS) is 11.4. The van der Waals surface area contributed by atoms with Gasteiger partial charge in [0.15, 0.2) is 0 Å². The van der Waals surface area contributed by atoms with Crippen molar-refractivity contribution in [2.24, 2.45) is 0 Å². The monoisotopic (exact) mass is 1240 g/mol. The summed E-state index contributed by atoms with van der Waals surface area (Å²) in [5.74, 6) is 0.367. The van der Waals surface area contributed by atoms with Crippen LogP contribution in [0, 0.1) is 0 Å². The standard InChI is InChI=1S/C94H73N3/c1-7-19-71(20-8-1)69-85(84-43-41-77(42-44-84)81-51-63-91(64-52-81)95(86-25-13-4-14-26-86)89-57-45-78(46-58-89)72-21-9-2-10-22-72)36-33-70-31-34-74(35-32-70)75-37-39-76(40-38-75)80-49-61-92(62-50-80)97(88-29-17-6-18-30-88)94-67-55-83(56-68-94)82-53-65-93(66-54-82)96(87-27-15-5-16-28-87)90-59-47-79(48-60-90)73-23-11-3-12-24-73/h1-32,34-35,37-68,85H,33,36,69H2. The first-order chi connectivity index (χ1) is 48.1. The van der Waals surface area contributed by atoms with Crippen molar-refractivity contribution < 1.29 is 0 Å². The molecular weight excluding hydrogens is 1170 g/mol. The summed E-state index contributed by atoms with van der Waals surface area (Å²) in [7, 11) is 0. The summed E-state index contributed by atoms with van der Waals surface area (Å²) in [6.45, 7) is 0. The minimum absolute atomic E-state index is 0.367. The molecule has 1 unspecified atom stereocenters. The number of para-hydroxylation sites is 3. The molecule has 15 rings (SSSR count). The average molecular weight is 1240 g/mol. The van der Waals surface area contributed by atoms with Gasteiger partial charge in [0, 0.05) is 51.2 Å². The maximum atomic E-state index is 2.36. The Hall–Kier alpha value is -12.3. The highest BCUT2D eigenvalue weighted by atomic mass is 15.2. The topological polar surface area (TPSA) is 9.72 Å². The highest BCUT2D eigenvalue weighted by Gasteiger charge is 2.19. The second kappa shape index (κ2) is 28.9. The molecule has 15 aromatic carbocycles. The first kappa shape index (κ1) is 60.9. The zero-order valence-corrected chi connectivity index (χ0v) is 54.1. The summed E-state index contributed by atoms with van der Waals surface area (Å²) >= 11 is 0. The van der Waals surface area contributed by atoms with Crippen molar-refractivity contribution in [3.05, 3.63) is 417 Å². The lowest BCUT2D eigenvalue weighted by Crippen LogP contribution is -2.10. The number of nitrogens with zero attached hydrogens (tertiary/aromatic N) is 3. The fourth-order valence-electron chi connectivity index (χ4n) is 13.4. The molecule has 0 aromatic heterocycles. The van der Waals surface area contributed by atoms with Crippen LogP contribution in [0.1, 0.15) is 29.0 Å². The van der Waals surface area contributed by atoms with Gasteiger partial charge in [0.05, 0.1) is 0 Å². The molecule has 0 saturated heterocycles. The average Bonchev–Trinajstić information content (AvgIpc) is 0.949. The van der Waals surface area contributed by atoms with E-state index < -0.39 is 0 Å². The summed E-state index contributed by atoms with van der Waals surface area (Å²) in [6, 6.07) is 145. The molecule has 15 aromatic rings. The SMILES string of the molecule is c1ccc(CC(CCc2ccc(-c3ccc(-c4ccc(N(c5ccccc5)c5ccc(-c6ccc(N(c7ccccc7)c7ccc(-c8ccccc8)cc7)cc6)cc5)cc4)cc3)cc2)c2ccc(-c3ccc(N(c4ccccc4)c4ccc(-c5ccccc5)cc4)cc3)cc2)cc1. The van der Waals surface area contributed by atoms with Crippen LogP contribution in [0.3, 0.4) is 0 Å². The van der Waals surface area contributed by atoms with Crippen LogP contribution in [0.4, 0.5) is 51.2 Å². The van der Waals surface area contributed by atoms with E-state index in [9.17, 15) is 0 Å². The molecule has 97 heavy (non-hydrogen) atoms. The summed E-state index contributed by atoms with van der Waals surface area (Å²) in [6.07, 6.45) is 3.03. The third-order valence-corrected chi connectivity index (χ3v) is 18.7. The van der Waals surface area contributed by atoms with Crippen molar-refractivity contribution in [1.29, 1.82) is 0 Å². The Kier molecular flexibility index (Phi) is 18.2. The summed E-state index contributed by atoms with van der Waals surface area (Å²) < 4.78 is 0. The molecule has 3 heteroatoms. The molecule has 0 N–H and O–H groups in total. The molecule has 0 radical (unpaired) electrons. The zero-order valence-electron chi connectivity index (χ0n) is 54.1. The van der Waals surface area contributed by atoms with Crippen molar-refractivity contribution in [3.8, 4) is 66.8 Å². The molecule has 0 saturated carbocycles. The van der Waals surface area contributed by atoms with Crippen molar-refractivity contribution in [1.82, 2.24) is 0 Å². The van der Waals surface area contributed by atoms with Crippen LogP contribution in [0.5, 0.6) is 0 Å². The number of benzene rings is 15. The van der Waals surface area contributed by atoms with E-state index in [4.69, 9.17) is 0 Å². The van der Waals surface area contributed by atoms with Gasteiger partial charge in [-0.05, 0) is 218 Å². The summed E-state index contributed by atoms with van der Waals surface area (Å²) in [5, 5.41) is 0. The smallest absolute Gasteiger partial charge is 0.0462 e.